The number of hydrogen-bond acceptors (Lipinski definition) is 2. The van der Waals surface area contributed by atoms with Crippen LogP contribution in [0.1, 0.15) is 23.6 Å². The Labute approximate surface area is 113 Å². The van der Waals surface area contributed by atoms with Crippen molar-refractivity contribution in [2.24, 2.45) is 5.73 Å². The summed E-state index contributed by atoms with van der Waals surface area (Å²) in [6, 6.07) is 12.9. The second kappa shape index (κ2) is 6.34. The largest absolute Gasteiger partial charge is 0.489 e. The molecule has 0 aliphatic carbocycles. The normalized spacial score (nSPS) is 10.5. The fourth-order valence-electron chi connectivity index (χ4n) is 1.85. The topological polar surface area (TPSA) is 35.2 Å². The van der Waals surface area contributed by atoms with Crippen molar-refractivity contribution in [1.82, 2.24) is 0 Å². The van der Waals surface area contributed by atoms with Gasteiger partial charge in [-0.25, -0.2) is 4.39 Å². The Morgan fingerprint density at radius 1 is 1.11 bits per heavy atom. The Balaban J connectivity index is 2.05. The van der Waals surface area contributed by atoms with Crippen molar-refractivity contribution in [3.8, 4) is 5.75 Å². The fourth-order valence-corrected chi connectivity index (χ4v) is 1.85. The Morgan fingerprint density at radius 2 is 1.95 bits per heavy atom. The van der Waals surface area contributed by atoms with Crippen LogP contribution in [0, 0.1) is 5.82 Å². The predicted octanol–water partition coefficient (Wildman–Crippen LogP) is 3.43. The van der Waals surface area contributed by atoms with Crippen LogP contribution >= 0.6 is 0 Å². The van der Waals surface area contributed by atoms with Gasteiger partial charge in [-0.15, -0.1) is 0 Å². The van der Waals surface area contributed by atoms with Crippen molar-refractivity contribution in [2.75, 3.05) is 0 Å². The van der Waals surface area contributed by atoms with E-state index in [2.05, 4.69) is 6.92 Å². The van der Waals surface area contributed by atoms with Crippen molar-refractivity contribution >= 4 is 0 Å². The minimum atomic E-state index is -0.269. The van der Waals surface area contributed by atoms with E-state index in [1.165, 1.54) is 11.6 Å². The van der Waals surface area contributed by atoms with Crippen molar-refractivity contribution in [1.29, 1.82) is 0 Å². The summed E-state index contributed by atoms with van der Waals surface area (Å²) in [6.07, 6.45) is 0.955. The molecule has 0 unspecified atom stereocenters. The predicted molar refractivity (Wildman–Crippen MR) is 74.4 cm³/mol. The van der Waals surface area contributed by atoms with E-state index < -0.39 is 0 Å². The number of aryl methyl sites for hydroxylation is 1. The molecule has 2 N–H and O–H groups in total. The Kier molecular flexibility index (Phi) is 4.53. The van der Waals surface area contributed by atoms with Gasteiger partial charge in [0.05, 0.1) is 0 Å². The van der Waals surface area contributed by atoms with Gasteiger partial charge in [-0.2, -0.15) is 0 Å². The highest BCUT2D eigenvalue weighted by atomic mass is 19.1. The zero-order valence-corrected chi connectivity index (χ0v) is 11.0. The number of ether oxygens (including phenoxy) is 1. The van der Waals surface area contributed by atoms with Gasteiger partial charge >= 0.3 is 0 Å². The van der Waals surface area contributed by atoms with Crippen LogP contribution in [0.25, 0.3) is 0 Å². The van der Waals surface area contributed by atoms with E-state index in [0.717, 1.165) is 17.7 Å². The second-order valence-electron chi connectivity index (χ2n) is 4.42. The van der Waals surface area contributed by atoms with Crippen LogP contribution in [0.15, 0.2) is 42.5 Å². The number of rotatable bonds is 5. The lowest BCUT2D eigenvalue weighted by Crippen LogP contribution is -2.02. The average Bonchev–Trinajstić information content (AvgIpc) is 2.46. The van der Waals surface area contributed by atoms with Crippen LogP contribution in [0.5, 0.6) is 5.75 Å². The molecule has 0 heterocycles. The maximum atomic E-state index is 13.7. The van der Waals surface area contributed by atoms with E-state index in [4.69, 9.17) is 10.5 Å². The quantitative estimate of drug-likeness (QED) is 0.893. The first-order chi connectivity index (χ1) is 9.22. The molecule has 0 spiro atoms. The molecule has 0 amide bonds. The zero-order chi connectivity index (χ0) is 13.7. The van der Waals surface area contributed by atoms with Crippen LogP contribution in [0.4, 0.5) is 4.39 Å². The van der Waals surface area contributed by atoms with Gasteiger partial charge in [-0.05, 0) is 35.7 Å². The van der Waals surface area contributed by atoms with Gasteiger partial charge in [0.1, 0.15) is 18.2 Å². The maximum absolute atomic E-state index is 13.7. The van der Waals surface area contributed by atoms with Crippen LogP contribution in [0.2, 0.25) is 0 Å². The number of benzene rings is 2. The minimum Gasteiger partial charge on any atom is -0.489 e. The van der Waals surface area contributed by atoms with Gasteiger partial charge in [0.25, 0.3) is 0 Å². The SMILES string of the molecule is CCc1cccc(OCc2ccc(CN)cc2F)c1. The van der Waals surface area contributed by atoms with Gasteiger partial charge in [-0.3, -0.25) is 0 Å². The Bertz CT molecular complexity index is 554. The molecule has 0 saturated heterocycles. The maximum Gasteiger partial charge on any atom is 0.130 e. The summed E-state index contributed by atoms with van der Waals surface area (Å²) in [4.78, 5) is 0. The molecule has 0 fully saturated rings. The second-order valence-corrected chi connectivity index (χ2v) is 4.42. The third-order valence-corrected chi connectivity index (χ3v) is 3.05. The molecule has 2 aromatic carbocycles. The van der Waals surface area contributed by atoms with Crippen LogP contribution in [-0.4, -0.2) is 0 Å². The highest BCUT2D eigenvalue weighted by Gasteiger charge is 2.04. The molecule has 0 aromatic heterocycles. The van der Waals surface area contributed by atoms with Gasteiger partial charge in [0.15, 0.2) is 0 Å². The lowest BCUT2D eigenvalue weighted by molar-refractivity contribution is 0.299. The molecule has 3 heteroatoms. The first kappa shape index (κ1) is 13.6. The summed E-state index contributed by atoms with van der Waals surface area (Å²) in [5.74, 6) is 0.497. The highest BCUT2D eigenvalue weighted by Crippen LogP contribution is 2.17. The Hall–Kier alpha value is -1.87. The van der Waals surface area contributed by atoms with E-state index >= 15 is 0 Å². The van der Waals surface area contributed by atoms with Crippen LogP contribution in [0.3, 0.4) is 0 Å². The third-order valence-electron chi connectivity index (χ3n) is 3.05. The molecule has 2 nitrogen and oxygen atoms in total. The van der Waals surface area contributed by atoms with Gasteiger partial charge in [-0.1, -0.05) is 31.2 Å². The van der Waals surface area contributed by atoms with E-state index in [1.54, 1.807) is 6.07 Å². The smallest absolute Gasteiger partial charge is 0.130 e. The molecule has 0 bridgehead atoms. The Morgan fingerprint density at radius 3 is 2.63 bits per heavy atom. The van der Waals surface area contributed by atoms with Crippen LogP contribution < -0.4 is 10.5 Å². The van der Waals surface area contributed by atoms with Gasteiger partial charge in [0, 0.05) is 12.1 Å². The zero-order valence-electron chi connectivity index (χ0n) is 11.0. The summed E-state index contributed by atoms with van der Waals surface area (Å²) >= 11 is 0. The van der Waals surface area contributed by atoms with Crippen molar-refractivity contribution in [2.45, 2.75) is 26.5 Å². The summed E-state index contributed by atoms with van der Waals surface area (Å²) < 4.78 is 19.4. The molecule has 2 aromatic rings. The molecule has 19 heavy (non-hydrogen) atoms. The molecular weight excluding hydrogens is 241 g/mol. The number of halogens is 1. The first-order valence-electron chi connectivity index (χ1n) is 6.42. The average molecular weight is 259 g/mol. The van der Waals surface area contributed by atoms with E-state index in [9.17, 15) is 4.39 Å². The summed E-state index contributed by atoms with van der Waals surface area (Å²) in [7, 11) is 0. The first-order valence-corrected chi connectivity index (χ1v) is 6.42. The van der Waals surface area contributed by atoms with Gasteiger partial charge in [0.2, 0.25) is 0 Å². The minimum absolute atomic E-state index is 0.226. The van der Waals surface area contributed by atoms with Crippen molar-refractivity contribution in [3.05, 3.63) is 65.0 Å². The summed E-state index contributed by atoms with van der Waals surface area (Å²) in [5.41, 5.74) is 8.00. The number of nitrogens with two attached hydrogens (primary N) is 1. The summed E-state index contributed by atoms with van der Waals surface area (Å²) in [5, 5.41) is 0. The van der Waals surface area contributed by atoms with E-state index in [1.807, 2.05) is 30.3 Å². The molecule has 100 valence electrons. The molecule has 0 atom stereocenters. The van der Waals surface area contributed by atoms with Crippen molar-refractivity contribution in [3.63, 3.8) is 0 Å². The van der Waals surface area contributed by atoms with Crippen molar-refractivity contribution < 1.29 is 9.13 Å². The third kappa shape index (κ3) is 3.55. The molecule has 0 aliphatic rings. The lowest BCUT2D eigenvalue weighted by atomic mass is 10.1. The lowest BCUT2D eigenvalue weighted by Gasteiger charge is -2.09. The number of hydrogen-bond donors (Lipinski definition) is 1. The highest BCUT2D eigenvalue weighted by molar-refractivity contribution is 5.29. The monoisotopic (exact) mass is 259 g/mol. The molecule has 2 rings (SSSR count). The van der Waals surface area contributed by atoms with E-state index in [0.29, 0.717) is 12.1 Å². The van der Waals surface area contributed by atoms with Gasteiger partial charge < -0.3 is 10.5 Å². The molecular formula is C16H18FNO. The molecule has 0 saturated carbocycles. The molecule has 0 aliphatic heterocycles. The van der Waals surface area contributed by atoms with E-state index in [-0.39, 0.29) is 12.4 Å². The molecule has 0 radical (unpaired) electrons. The standard InChI is InChI=1S/C16H18FNO/c1-2-12-4-3-5-15(8-12)19-11-14-7-6-13(10-18)9-16(14)17/h3-9H,2,10-11,18H2,1H3. The fraction of sp³-hybridized carbons (Fsp3) is 0.250. The summed E-state index contributed by atoms with van der Waals surface area (Å²) in [6.45, 7) is 2.66. The van der Waals surface area contributed by atoms with Crippen LogP contribution in [-0.2, 0) is 19.6 Å².